The lowest BCUT2D eigenvalue weighted by Gasteiger charge is -1.97. The highest BCUT2D eigenvalue weighted by Crippen LogP contribution is 2.20. The van der Waals surface area contributed by atoms with Crippen molar-refractivity contribution in [2.24, 2.45) is 0 Å². The first-order valence-corrected chi connectivity index (χ1v) is 4.33. The Labute approximate surface area is 70.8 Å². The molecule has 0 radical (unpaired) electrons. The van der Waals surface area contributed by atoms with Crippen molar-refractivity contribution in [3.63, 3.8) is 0 Å². The van der Waals surface area contributed by atoms with Gasteiger partial charge in [-0.2, -0.15) is 21.6 Å². The number of halogens is 5. The molecule has 0 unspecified atom stereocenters. The van der Waals surface area contributed by atoms with Gasteiger partial charge in [-0.05, 0) is 0 Å². The molecule has 0 atom stereocenters. The quantitative estimate of drug-likeness (QED) is 0.395. The second kappa shape index (κ2) is 5.02. The molecule has 0 aliphatic carbocycles. The van der Waals surface area contributed by atoms with E-state index in [0.29, 0.717) is 0 Å². The fraction of sp³-hybridized carbons (Fsp3) is 1.00. The summed E-state index contributed by atoms with van der Waals surface area (Å²) in [6.45, 7) is 0. The van der Waals surface area contributed by atoms with Gasteiger partial charge in [0.1, 0.15) is 0 Å². The molecule has 0 fully saturated rings. The third-order valence-electron chi connectivity index (χ3n) is 0.292. The summed E-state index contributed by atoms with van der Waals surface area (Å²) in [7, 11) is -5.84. The Bertz CT molecular complexity index is 185. The van der Waals surface area contributed by atoms with Crippen molar-refractivity contribution in [3.05, 3.63) is 0 Å². The Kier molecular flexibility index (Phi) is 6.32. The second-order valence-corrected chi connectivity index (χ2v) is 3.24. The van der Waals surface area contributed by atoms with E-state index < -0.39 is 15.6 Å². The van der Waals surface area contributed by atoms with Crippen LogP contribution in [-0.4, -0.2) is 23.8 Å². The van der Waals surface area contributed by atoms with Gasteiger partial charge in [0.15, 0.2) is 0 Å². The van der Waals surface area contributed by atoms with Gasteiger partial charge >= 0.3 is 15.6 Å². The zero-order valence-corrected chi connectivity index (χ0v) is 7.10. The third-order valence-corrected chi connectivity index (χ3v) is 0.877. The smallest absolute Gasteiger partial charge is 0.279 e. The van der Waals surface area contributed by atoms with Crippen molar-refractivity contribution in [2.75, 3.05) is 5.34 Å². The monoisotopic (exact) mass is 234 g/mol. The van der Waals surface area contributed by atoms with E-state index in [1.165, 1.54) is 0 Å². The molecule has 70 valence electrons. The molecule has 11 heavy (non-hydrogen) atoms. The van der Waals surface area contributed by atoms with Gasteiger partial charge in [-0.15, -0.1) is 23.2 Å². The van der Waals surface area contributed by atoms with Gasteiger partial charge in [-0.1, -0.05) is 0 Å². The van der Waals surface area contributed by atoms with E-state index >= 15 is 0 Å². The van der Waals surface area contributed by atoms with Crippen LogP contribution in [0.5, 0.6) is 0 Å². The summed E-state index contributed by atoms with van der Waals surface area (Å²) in [5, 5.41) is 0.194. The highest BCUT2D eigenvalue weighted by atomic mass is 35.5. The molecule has 0 aliphatic heterocycles. The van der Waals surface area contributed by atoms with Crippen LogP contribution in [0.3, 0.4) is 0 Å². The van der Waals surface area contributed by atoms with Crippen LogP contribution < -0.4 is 0 Å². The maximum atomic E-state index is 10.7. The molecule has 0 saturated heterocycles. The average Bonchev–Trinajstić information content (AvgIpc) is 1.60. The van der Waals surface area contributed by atoms with E-state index in [-0.39, 0.29) is 5.34 Å². The Morgan fingerprint density at radius 3 is 1.36 bits per heavy atom. The Hall–Kier alpha value is 0.280. The lowest BCUT2D eigenvalue weighted by molar-refractivity contribution is -0.0510. The standard InChI is InChI=1S/CH2Cl2.CHF3O3S/c2-1-3;2-1(3,4)8(5,6)7/h1H2;(H,5,6,7). The topological polar surface area (TPSA) is 54.4 Å². The molecule has 0 heterocycles. The van der Waals surface area contributed by atoms with Gasteiger partial charge in [0, 0.05) is 0 Å². The van der Waals surface area contributed by atoms with Crippen LogP contribution in [0.25, 0.3) is 0 Å². The van der Waals surface area contributed by atoms with Crippen LogP contribution in [0.15, 0.2) is 0 Å². The fourth-order valence-electron chi connectivity index (χ4n) is 0. The molecule has 0 aromatic heterocycles. The van der Waals surface area contributed by atoms with Crippen LogP contribution in [-0.2, 0) is 10.1 Å². The Morgan fingerprint density at radius 2 is 1.36 bits per heavy atom. The summed E-state index contributed by atoms with van der Waals surface area (Å²) in [5.74, 6) is 0. The molecule has 1 N–H and O–H groups in total. The lowest BCUT2D eigenvalue weighted by atomic mass is 11.6. The molecular weight excluding hydrogens is 232 g/mol. The lowest BCUT2D eigenvalue weighted by Crippen LogP contribution is -2.21. The molecular formula is C2H3Cl2F3O3S. The molecule has 0 aromatic rings. The van der Waals surface area contributed by atoms with Gasteiger partial charge in [0.2, 0.25) is 0 Å². The number of alkyl halides is 5. The highest BCUT2D eigenvalue weighted by Gasteiger charge is 2.44. The zero-order valence-electron chi connectivity index (χ0n) is 4.77. The van der Waals surface area contributed by atoms with E-state index in [2.05, 4.69) is 0 Å². The van der Waals surface area contributed by atoms with Crippen molar-refractivity contribution in [3.8, 4) is 0 Å². The van der Waals surface area contributed by atoms with E-state index in [9.17, 15) is 13.2 Å². The van der Waals surface area contributed by atoms with Crippen molar-refractivity contribution in [1.29, 1.82) is 0 Å². The number of hydrogen-bond acceptors (Lipinski definition) is 2. The summed E-state index contributed by atoms with van der Waals surface area (Å²) in [6.07, 6.45) is 0. The molecule has 0 saturated carbocycles. The van der Waals surface area contributed by atoms with Gasteiger partial charge < -0.3 is 0 Å². The minimum Gasteiger partial charge on any atom is -0.279 e. The first kappa shape index (κ1) is 13.8. The largest absolute Gasteiger partial charge is 0.522 e. The predicted octanol–water partition coefficient (Wildman–Crippen LogP) is 1.82. The number of rotatable bonds is 0. The molecule has 0 spiro atoms. The molecule has 0 aromatic carbocycles. The maximum absolute atomic E-state index is 10.7. The van der Waals surface area contributed by atoms with Crippen molar-refractivity contribution in [2.45, 2.75) is 5.51 Å². The van der Waals surface area contributed by atoms with E-state index in [1.807, 2.05) is 0 Å². The summed E-state index contributed by atoms with van der Waals surface area (Å²) in [5.41, 5.74) is -5.53. The molecule has 9 heteroatoms. The average molecular weight is 235 g/mol. The van der Waals surface area contributed by atoms with Crippen molar-refractivity contribution < 1.29 is 26.1 Å². The summed E-state index contributed by atoms with van der Waals surface area (Å²) < 4.78 is 57.5. The minimum atomic E-state index is -5.84. The van der Waals surface area contributed by atoms with Gasteiger partial charge in [-0.3, -0.25) is 4.55 Å². The maximum Gasteiger partial charge on any atom is 0.522 e. The molecule has 0 bridgehead atoms. The summed E-state index contributed by atoms with van der Waals surface area (Å²) in [4.78, 5) is 0. The van der Waals surface area contributed by atoms with E-state index in [1.54, 1.807) is 0 Å². The first-order valence-electron chi connectivity index (χ1n) is 1.82. The summed E-state index contributed by atoms with van der Waals surface area (Å²) in [6, 6.07) is 0. The number of hydrogen-bond donors (Lipinski definition) is 1. The van der Waals surface area contributed by atoms with Crippen LogP contribution in [0, 0.1) is 0 Å². The van der Waals surface area contributed by atoms with E-state index in [0.717, 1.165) is 0 Å². The predicted molar refractivity (Wildman–Crippen MR) is 34.2 cm³/mol. The van der Waals surface area contributed by atoms with Crippen molar-refractivity contribution in [1.82, 2.24) is 0 Å². The van der Waals surface area contributed by atoms with E-state index in [4.69, 9.17) is 36.2 Å². The normalized spacial score (nSPS) is 11.8. The first-order chi connectivity index (χ1) is 4.66. The molecule has 0 aliphatic rings. The van der Waals surface area contributed by atoms with Crippen LogP contribution in [0.2, 0.25) is 0 Å². The fourth-order valence-corrected chi connectivity index (χ4v) is 0. The molecule has 0 amide bonds. The molecule has 0 rings (SSSR count). The van der Waals surface area contributed by atoms with Gasteiger partial charge in [0.25, 0.3) is 0 Å². The zero-order chi connectivity index (χ0) is 9.71. The minimum absolute atomic E-state index is 0.194. The van der Waals surface area contributed by atoms with Crippen molar-refractivity contribution >= 4 is 33.3 Å². The van der Waals surface area contributed by atoms with Crippen LogP contribution in [0.4, 0.5) is 13.2 Å². The van der Waals surface area contributed by atoms with Gasteiger partial charge in [-0.25, -0.2) is 0 Å². The Morgan fingerprint density at radius 1 is 1.27 bits per heavy atom. The van der Waals surface area contributed by atoms with Crippen LogP contribution in [0.1, 0.15) is 0 Å². The van der Waals surface area contributed by atoms with Crippen LogP contribution >= 0.6 is 23.2 Å². The summed E-state index contributed by atoms with van der Waals surface area (Å²) >= 11 is 9.53. The Balaban J connectivity index is 0. The highest BCUT2D eigenvalue weighted by molar-refractivity contribution is 7.86. The second-order valence-electron chi connectivity index (χ2n) is 1.02. The van der Waals surface area contributed by atoms with Gasteiger partial charge in [0.05, 0.1) is 5.34 Å². The SMILES string of the molecule is ClCCl.O=S(=O)(O)C(F)(F)F. The molecule has 3 nitrogen and oxygen atoms in total. The third kappa shape index (κ3) is 8.18.